The lowest BCUT2D eigenvalue weighted by molar-refractivity contribution is -0.384. The van der Waals surface area contributed by atoms with Gasteiger partial charge in [0.25, 0.3) is 5.69 Å². The summed E-state index contributed by atoms with van der Waals surface area (Å²) in [6.45, 7) is 0.199. The molecular weight excluding hydrogens is 336 g/mol. The number of benzene rings is 2. The van der Waals surface area contributed by atoms with Gasteiger partial charge in [0.1, 0.15) is 5.69 Å². The van der Waals surface area contributed by atoms with Gasteiger partial charge in [-0.25, -0.2) is 0 Å². The fourth-order valence-corrected chi connectivity index (χ4v) is 3.12. The van der Waals surface area contributed by atoms with Crippen molar-refractivity contribution in [1.82, 2.24) is 14.8 Å². The van der Waals surface area contributed by atoms with Crippen molar-refractivity contribution < 1.29 is 14.5 Å². The molecule has 0 atom stereocenters. The maximum absolute atomic E-state index is 12.1. The lowest BCUT2D eigenvalue weighted by atomic mass is 10.1. The van der Waals surface area contributed by atoms with Crippen LogP contribution < -0.4 is 0 Å². The van der Waals surface area contributed by atoms with E-state index in [-0.39, 0.29) is 24.2 Å². The third-order valence-electron chi connectivity index (χ3n) is 4.29. The Bertz CT molecular complexity index is 1190. The molecule has 0 amide bonds. The third-order valence-corrected chi connectivity index (χ3v) is 4.29. The highest BCUT2D eigenvalue weighted by Gasteiger charge is 2.18. The fraction of sp³-hybridized carbons (Fsp3) is 0.0556. The number of aromatic nitrogens is 3. The van der Waals surface area contributed by atoms with Crippen LogP contribution in [0.25, 0.3) is 21.7 Å². The SMILES string of the molecule is O=CC(=O)c1c2ccccc2cn1Cc1n[nH]c2ccc([N+](=O)[O-])cc12. The predicted octanol–water partition coefficient (Wildman–Crippen LogP) is 2.86. The molecule has 0 radical (unpaired) electrons. The summed E-state index contributed by atoms with van der Waals surface area (Å²) in [4.78, 5) is 33.8. The topological polar surface area (TPSA) is 111 Å². The van der Waals surface area contributed by atoms with Gasteiger partial charge in [-0.3, -0.25) is 24.8 Å². The zero-order valence-electron chi connectivity index (χ0n) is 13.4. The molecule has 0 saturated carbocycles. The van der Waals surface area contributed by atoms with Crippen LogP contribution in [0.15, 0.2) is 48.7 Å². The summed E-state index contributed by atoms with van der Waals surface area (Å²) in [5.41, 5.74) is 1.44. The molecular formula is C18H12N4O4. The normalized spacial score (nSPS) is 11.1. The summed E-state index contributed by atoms with van der Waals surface area (Å²) in [6.07, 6.45) is 2.05. The third kappa shape index (κ3) is 2.44. The number of H-pyrrole nitrogens is 1. The minimum atomic E-state index is -0.628. The molecule has 128 valence electrons. The molecule has 2 aromatic carbocycles. The van der Waals surface area contributed by atoms with Crippen molar-refractivity contribution >= 4 is 39.4 Å². The first-order valence-electron chi connectivity index (χ1n) is 7.77. The van der Waals surface area contributed by atoms with Crippen molar-refractivity contribution in [1.29, 1.82) is 0 Å². The Hall–Kier alpha value is -3.81. The van der Waals surface area contributed by atoms with E-state index < -0.39 is 10.7 Å². The summed E-state index contributed by atoms with van der Waals surface area (Å²) in [6, 6.07) is 11.7. The van der Waals surface area contributed by atoms with Gasteiger partial charge in [-0.2, -0.15) is 5.10 Å². The van der Waals surface area contributed by atoms with E-state index in [9.17, 15) is 19.7 Å². The van der Waals surface area contributed by atoms with Gasteiger partial charge in [0.2, 0.25) is 5.78 Å². The number of carbonyl (C=O) groups excluding carboxylic acids is 2. The van der Waals surface area contributed by atoms with Crippen molar-refractivity contribution in [2.45, 2.75) is 6.54 Å². The molecule has 0 saturated heterocycles. The van der Waals surface area contributed by atoms with E-state index in [4.69, 9.17) is 0 Å². The second-order valence-corrected chi connectivity index (χ2v) is 5.83. The Morgan fingerprint density at radius 1 is 1.23 bits per heavy atom. The summed E-state index contributed by atoms with van der Waals surface area (Å²) in [5, 5.41) is 20.2. The number of nitro groups is 1. The molecule has 0 unspecified atom stereocenters. The number of carbonyl (C=O) groups is 2. The van der Waals surface area contributed by atoms with Gasteiger partial charge in [0, 0.05) is 34.5 Å². The highest BCUT2D eigenvalue weighted by Crippen LogP contribution is 2.26. The Labute approximate surface area is 146 Å². The van der Waals surface area contributed by atoms with Crippen molar-refractivity contribution in [2.24, 2.45) is 0 Å². The summed E-state index contributed by atoms with van der Waals surface area (Å²) >= 11 is 0. The molecule has 0 aliphatic rings. The van der Waals surface area contributed by atoms with Crippen LogP contribution >= 0.6 is 0 Å². The lowest BCUT2D eigenvalue weighted by Gasteiger charge is -2.05. The van der Waals surface area contributed by atoms with Gasteiger partial charge in [-0.1, -0.05) is 24.3 Å². The van der Waals surface area contributed by atoms with Crippen LogP contribution in [0.5, 0.6) is 0 Å². The van der Waals surface area contributed by atoms with Gasteiger partial charge in [-0.05, 0) is 6.07 Å². The first-order chi connectivity index (χ1) is 12.6. The number of aromatic amines is 1. The largest absolute Gasteiger partial charge is 0.337 e. The molecule has 8 nitrogen and oxygen atoms in total. The zero-order valence-corrected chi connectivity index (χ0v) is 13.4. The number of ketones is 1. The monoisotopic (exact) mass is 348 g/mol. The number of nitrogens with zero attached hydrogens (tertiary/aromatic N) is 3. The van der Waals surface area contributed by atoms with Gasteiger partial charge in [-0.15, -0.1) is 0 Å². The molecule has 0 fully saturated rings. The highest BCUT2D eigenvalue weighted by atomic mass is 16.6. The first kappa shape index (κ1) is 15.7. The minimum absolute atomic E-state index is 0.0398. The molecule has 26 heavy (non-hydrogen) atoms. The maximum atomic E-state index is 12.1. The maximum Gasteiger partial charge on any atom is 0.270 e. The number of nitrogens with one attached hydrogen (secondary N) is 1. The van der Waals surface area contributed by atoms with E-state index in [1.54, 1.807) is 29.0 Å². The molecule has 4 aromatic rings. The van der Waals surface area contributed by atoms with E-state index in [1.165, 1.54) is 12.1 Å². The van der Waals surface area contributed by atoms with Crippen LogP contribution in [0.1, 0.15) is 16.2 Å². The van der Waals surface area contributed by atoms with Crippen molar-refractivity contribution in [2.75, 3.05) is 0 Å². The van der Waals surface area contributed by atoms with E-state index in [0.717, 1.165) is 5.39 Å². The molecule has 8 heteroatoms. The molecule has 0 spiro atoms. The van der Waals surface area contributed by atoms with Gasteiger partial charge < -0.3 is 4.57 Å². The van der Waals surface area contributed by atoms with Crippen molar-refractivity contribution in [3.8, 4) is 0 Å². The molecule has 0 aliphatic carbocycles. The zero-order chi connectivity index (χ0) is 18.3. The standard InChI is InChI=1S/C18H12N4O4/c23-10-17(24)18-13-4-2-1-3-11(13)8-21(18)9-16-14-7-12(22(25)26)5-6-15(14)19-20-16/h1-8,10H,9H2,(H,19,20). The molecule has 0 bridgehead atoms. The second kappa shape index (κ2) is 5.92. The van der Waals surface area contributed by atoms with Gasteiger partial charge in [0.05, 0.1) is 22.7 Å². The Morgan fingerprint density at radius 3 is 2.81 bits per heavy atom. The summed E-state index contributed by atoms with van der Waals surface area (Å²) in [5.74, 6) is -0.628. The summed E-state index contributed by atoms with van der Waals surface area (Å²) in [7, 11) is 0. The fourth-order valence-electron chi connectivity index (χ4n) is 3.12. The Morgan fingerprint density at radius 2 is 2.04 bits per heavy atom. The quantitative estimate of drug-likeness (QED) is 0.196. The number of aldehydes is 1. The number of hydrogen-bond donors (Lipinski definition) is 1. The smallest absolute Gasteiger partial charge is 0.270 e. The number of hydrogen-bond acceptors (Lipinski definition) is 5. The van der Waals surface area contributed by atoms with Crippen LogP contribution in [-0.2, 0) is 11.3 Å². The van der Waals surface area contributed by atoms with Gasteiger partial charge in [0.15, 0.2) is 6.29 Å². The Kier molecular flexibility index (Phi) is 3.58. The molecule has 1 N–H and O–H groups in total. The van der Waals surface area contributed by atoms with Crippen LogP contribution in [0.2, 0.25) is 0 Å². The second-order valence-electron chi connectivity index (χ2n) is 5.83. The Balaban J connectivity index is 1.86. The average Bonchev–Trinajstić information content (AvgIpc) is 3.22. The minimum Gasteiger partial charge on any atom is -0.337 e. The molecule has 2 aromatic heterocycles. The van der Waals surface area contributed by atoms with E-state index in [1.807, 2.05) is 12.1 Å². The number of non-ortho nitro benzene ring substituents is 1. The number of rotatable bonds is 5. The average molecular weight is 348 g/mol. The van der Waals surface area contributed by atoms with Gasteiger partial charge >= 0.3 is 0 Å². The van der Waals surface area contributed by atoms with Crippen LogP contribution in [0.3, 0.4) is 0 Å². The highest BCUT2D eigenvalue weighted by molar-refractivity contribution is 6.35. The number of fused-ring (bicyclic) bond motifs is 2. The van der Waals surface area contributed by atoms with E-state index in [2.05, 4.69) is 10.2 Å². The van der Waals surface area contributed by atoms with Crippen LogP contribution in [-0.4, -0.2) is 31.8 Å². The van der Waals surface area contributed by atoms with Crippen LogP contribution in [0.4, 0.5) is 5.69 Å². The van der Waals surface area contributed by atoms with E-state index >= 15 is 0 Å². The number of Topliss-reactive ketones (excluding diaryl/α,β-unsaturated/α-hetero) is 1. The summed E-state index contributed by atoms with van der Waals surface area (Å²) < 4.78 is 1.65. The van der Waals surface area contributed by atoms with Crippen molar-refractivity contribution in [3.05, 3.63) is 70.2 Å². The van der Waals surface area contributed by atoms with Crippen LogP contribution in [0, 0.1) is 10.1 Å². The molecule has 0 aliphatic heterocycles. The van der Waals surface area contributed by atoms with Crippen molar-refractivity contribution in [3.63, 3.8) is 0 Å². The molecule has 4 rings (SSSR count). The molecule has 2 heterocycles. The number of nitro benzene ring substituents is 1. The predicted molar refractivity (Wildman–Crippen MR) is 94.2 cm³/mol. The van der Waals surface area contributed by atoms with E-state index in [0.29, 0.717) is 22.0 Å². The lowest BCUT2D eigenvalue weighted by Crippen LogP contribution is -2.11. The first-order valence-corrected chi connectivity index (χ1v) is 7.77.